The lowest BCUT2D eigenvalue weighted by atomic mass is 10.0. The molecule has 0 aliphatic carbocycles. The van der Waals surface area contributed by atoms with Crippen LogP contribution in [0.3, 0.4) is 0 Å². The zero-order valence-corrected chi connectivity index (χ0v) is 18.9. The molecule has 0 saturated carbocycles. The van der Waals surface area contributed by atoms with Crippen molar-refractivity contribution in [3.63, 3.8) is 0 Å². The van der Waals surface area contributed by atoms with Gasteiger partial charge in [0.25, 0.3) is 0 Å². The minimum atomic E-state index is -4.49. The monoisotopic (exact) mass is 489 g/mol. The van der Waals surface area contributed by atoms with E-state index in [0.29, 0.717) is 60.2 Å². The van der Waals surface area contributed by atoms with Gasteiger partial charge in [-0.3, -0.25) is 5.32 Å². The van der Waals surface area contributed by atoms with E-state index in [9.17, 15) is 22.8 Å². The standard InChI is InChI=1S/C20H22F3N3O4S2/c1-2-30-18(27)15-11-4-6-29-9-14(11)32-17(15)26-19(28)25-7-12-10-3-5-24-8-13(10)31-16(12)20(21,22)23/h24H,2-9H2,1H3,(H2,25,26,28). The Labute approximate surface area is 190 Å². The smallest absolute Gasteiger partial charge is 0.425 e. The molecule has 0 aromatic carbocycles. The van der Waals surface area contributed by atoms with E-state index in [1.807, 2.05) is 0 Å². The number of esters is 1. The first-order valence-electron chi connectivity index (χ1n) is 10.1. The molecule has 0 fully saturated rings. The molecule has 2 aliphatic heterocycles. The molecule has 2 amide bonds. The van der Waals surface area contributed by atoms with E-state index in [4.69, 9.17) is 9.47 Å². The largest absolute Gasteiger partial charge is 0.462 e. The number of carbonyl (C=O) groups excluding carboxylic acids is 2. The molecular weight excluding hydrogens is 467 g/mol. The molecule has 32 heavy (non-hydrogen) atoms. The van der Waals surface area contributed by atoms with Gasteiger partial charge in [0, 0.05) is 22.8 Å². The second kappa shape index (κ2) is 9.38. The van der Waals surface area contributed by atoms with Crippen molar-refractivity contribution in [2.24, 2.45) is 0 Å². The van der Waals surface area contributed by atoms with E-state index < -0.39 is 23.1 Å². The Kier molecular flexibility index (Phi) is 6.75. The molecular formula is C20H22F3N3O4S2. The molecule has 2 aromatic rings. The van der Waals surface area contributed by atoms with Gasteiger partial charge in [-0.2, -0.15) is 13.2 Å². The van der Waals surface area contributed by atoms with Crippen LogP contribution in [0.1, 0.15) is 48.6 Å². The molecule has 0 unspecified atom stereocenters. The lowest BCUT2D eigenvalue weighted by molar-refractivity contribution is -0.135. The maximum Gasteiger partial charge on any atom is 0.425 e. The Bertz CT molecular complexity index is 1030. The summed E-state index contributed by atoms with van der Waals surface area (Å²) in [4.78, 5) is 25.9. The summed E-state index contributed by atoms with van der Waals surface area (Å²) >= 11 is 1.94. The van der Waals surface area contributed by atoms with E-state index in [1.54, 1.807) is 6.92 Å². The van der Waals surface area contributed by atoms with E-state index in [-0.39, 0.29) is 18.7 Å². The molecule has 0 radical (unpaired) electrons. The van der Waals surface area contributed by atoms with Gasteiger partial charge < -0.3 is 20.1 Å². The van der Waals surface area contributed by atoms with Crippen LogP contribution in [-0.4, -0.2) is 31.8 Å². The van der Waals surface area contributed by atoms with Crippen molar-refractivity contribution in [3.8, 4) is 0 Å². The average molecular weight is 490 g/mol. The molecule has 3 N–H and O–H groups in total. The summed E-state index contributed by atoms with van der Waals surface area (Å²) in [5.74, 6) is -0.541. The average Bonchev–Trinajstić information content (AvgIpc) is 3.30. The zero-order chi connectivity index (χ0) is 22.9. The summed E-state index contributed by atoms with van der Waals surface area (Å²) in [5.41, 5.74) is 1.84. The second-order valence-corrected chi connectivity index (χ2v) is 9.48. The molecule has 12 heteroatoms. The van der Waals surface area contributed by atoms with E-state index in [0.717, 1.165) is 21.8 Å². The van der Waals surface area contributed by atoms with E-state index in [2.05, 4.69) is 16.0 Å². The van der Waals surface area contributed by atoms with Crippen LogP contribution in [0.5, 0.6) is 0 Å². The first kappa shape index (κ1) is 23.0. The number of rotatable bonds is 5. The summed E-state index contributed by atoms with van der Waals surface area (Å²) in [6.07, 6.45) is -3.49. The van der Waals surface area contributed by atoms with Gasteiger partial charge in [0.1, 0.15) is 9.88 Å². The molecule has 2 aromatic heterocycles. The number of nitrogens with one attached hydrogen (secondary N) is 3. The van der Waals surface area contributed by atoms with Gasteiger partial charge in [0.05, 0.1) is 25.4 Å². The number of anilines is 1. The number of thiophene rings is 2. The maximum atomic E-state index is 13.6. The van der Waals surface area contributed by atoms with Crippen LogP contribution in [0.25, 0.3) is 0 Å². The predicted molar refractivity (Wildman–Crippen MR) is 114 cm³/mol. The van der Waals surface area contributed by atoms with Crippen LogP contribution in [0, 0.1) is 0 Å². The van der Waals surface area contributed by atoms with Crippen LogP contribution in [0.2, 0.25) is 0 Å². The van der Waals surface area contributed by atoms with Crippen molar-refractivity contribution in [3.05, 3.63) is 36.9 Å². The van der Waals surface area contributed by atoms with Gasteiger partial charge in [-0.25, -0.2) is 9.59 Å². The van der Waals surface area contributed by atoms with Gasteiger partial charge in [0.15, 0.2) is 0 Å². The normalized spacial score (nSPS) is 15.6. The van der Waals surface area contributed by atoms with Crippen molar-refractivity contribution >= 4 is 39.7 Å². The number of alkyl halides is 3. The van der Waals surface area contributed by atoms with Gasteiger partial charge in [-0.15, -0.1) is 22.7 Å². The van der Waals surface area contributed by atoms with Crippen LogP contribution >= 0.6 is 22.7 Å². The molecule has 0 spiro atoms. The summed E-state index contributed by atoms with van der Waals surface area (Å²) in [6, 6.07) is -0.683. The van der Waals surface area contributed by atoms with Crippen molar-refractivity contribution in [1.82, 2.24) is 10.6 Å². The Morgan fingerprint density at radius 1 is 1.19 bits per heavy atom. The van der Waals surface area contributed by atoms with Crippen LogP contribution in [0.15, 0.2) is 0 Å². The number of urea groups is 1. The fraction of sp³-hybridized carbons (Fsp3) is 0.500. The predicted octanol–water partition coefficient (Wildman–Crippen LogP) is 4.05. The van der Waals surface area contributed by atoms with Crippen LogP contribution in [-0.2, 0) is 48.2 Å². The highest BCUT2D eigenvalue weighted by Gasteiger charge is 2.38. The number of ether oxygens (including phenoxy) is 2. The first-order chi connectivity index (χ1) is 15.3. The maximum absolute atomic E-state index is 13.6. The molecule has 0 bridgehead atoms. The molecule has 2 aliphatic rings. The van der Waals surface area contributed by atoms with Crippen molar-refractivity contribution in [1.29, 1.82) is 0 Å². The third-order valence-corrected chi connectivity index (χ3v) is 7.69. The Morgan fingerprint density at radius 3 is 2.75 bits per heavy atom. The van der Waals surface area contributed by atoms with Gasteiger partial charge >= 0.3 is 18.2 Å². The van der Waals surface area contributed by atoms with Crippen molar-refractivity contribution < 1.29 is 32.2 Å². The zero-order valence-electron chi connectivity index (χ0n) is 17.2. The van der Waals surface area contributed by atoms with E-state index >= 15 is 0 Å². The SMILES string of the molecule is CCOC(=O)c1c(NC(=O)NCc2c(C(F)(F)F)sc3c2CCNC3)sc2c1CCOC2. The molecule has 0 saturated heterocycles. The first-order valence-corrected chi connectivity index (χ1v) is 11.8. The lowest BCUT2D eigenvalue weighted by Crippen LogP contribution is -2.30. The van der Waals surface area contributed by atoms with Crippen LogP contribution < -0.4 is 16.0 Å². The number of amides is 2. The van der Waals surface area contributed by atoms with Gasteiger partial charge in [0.2, 0.25) is 0 Å². The summed E-state index contributed by atoms with van der Waals surface area (Å²) in [5, 5.41) is 8.55. The second-order valence-electron chi connectivity index (χ2n) is 7.27. The van der Waals surface area contributed by atoms with Crippen molar-refractivity contribution in [2.75, 3.05) is 25.1 Å². The van der Waals surface area contributed by atoms with E-state index in [1.165, 1.54) is 11.3 Å². The minimum Gasteiger partial charge on any atom is -0.462 e. The number of fused-ring (bicyclic) bond motifs is 2. The highest BCUT2D eigenvalue weighted by Crippen LogP contribution is 2.42. The molecule has 4 heterocycles. The van der Waals surface area contributed by atoms with Gasteiger partial charge in [-0.1, -0.05) is 0 Å². The Balaban J connectivity index is 1.53. The summed E-state index contributed by atoms with van der Waals surface area (Å²) in [6.45, 7) is 3.39. The Morgan fingerprint density at radius 2 is 2.00 bits per heavy atom. The minimum absolute atomic E-state index is 0.110. The number of carbonyl (C=O) groups is 2. The van der Waals surface area contributed by atoms with Crippen molar-refractivity contribution in [2.45, 2.75) is 45.6 Å². The third kappa shape index (κ3) is 4.63. The highest BCUT2D eigenvalue weighted by molar-refractivity contribution is 7.17. The fourth-order valence-corrected chi connectivity index (χ4v) is 6.24. The number of hydrogen-bond acceptors (Lipinski definition) is 7. The van der Waals surface area contributed by atoms with Gasteiger partial charge in [-0.05, 0) is 43.0 Å². The summed E-state index contributed by atoms with van der Waals surface area (Å²) in [7, 11) is 0. The summed E-state index contributed by atoms with van der Waals surface area (Å²) < 4.78 is 51.2. The quantitative estimate of drug-likeness (QED) is 0.552. The Hall–Kier alpha value is -2.15. The molecule has 4 rings (SSSR count). The number of hydrogen-bond donors (Lipinski definition) is 3. The van der Waals surface area contributed by atoms with Crippen LogP contribution in [0.4, 0.5) is 23.0 Å². The number of halogens is 3. The lowest BCUT2D eigenvalue weighted by Gasteiger charge is -2.16. The topological polar surface area (TPSA) is 88.7 Å². The third-order valence-electron chi connectivity index (χ3n) is 5.25. The molecule has 7 nitrogen and oxygen atoms in total. The highest BCUT2D eigenvalue weighted by atomic mass is 32.1. The molecule has 0 atom stereocenters. The molecule has 174 valence electrons. The fourth-order valence-electron chi connectivity index (χ4n) is 3.87.